The van der Waals surface area contributed by atoms with Crippen LogP contribution in [-0.2, 0) is 0 Å². The molecule has 30 heavy (non-hydrogen) atoms. The Morgan fingerprint density at radius 3 is 2.50 bits per heavy atom. The summed E-state index contributed by atoms with van der Waals surface area (Å²) in [5.41, 5.74) is 4.70. The lowest BCUT2D eigenvalue weighted by molar-refractivity contribution is 0.414. The topological polar surface area (TPSA) is 63.9 Å². The van der Waals surface area contributed by atoms with E-state index in [4.69, 9.17) is 19.5 Å². The average molecular weight is 396 g/mol. The van der Waals surface area contributed by atoms with Crippen LogP contribution in [0.4, 0.5) is 5.82 Å². The summed E-state index contributed by atoms with van der Waals surface area (Å²) < 4.78 is 12.8. The Bertz CT molecular complexity index is 1380. The number of methoxy groups -OCH3 is 2. The number of para-hydroxylation sites is 2. The normalized spacial score (nSPS) is 11.5. The average Bonchev–Trinajstić information content (AvgIpc) is 3.34. The molecule has 5 rings (SSSR count). The number of nitrogens with one attached hydrogen (secondary N) is 1. The molecule has 3 aromatic carbocycles. The number of H-pyrrole nitrogens is 1. The van der Waals surface area contributed by atoms with Gasteiger partial charge in [-0.05, 0) is 42.0 Å². The van der Waals surface area contributed by atoms with Crippen molar-refractivity contribution < 1.29 is 9.47 Å². The number of nitrogens with zero attached hydrogens (tertiary/aromatic N) is 3. The van der Waals surface area contributed by atoms with E-state index in [0.717, 1.165) is 50.9 Å². The number of fused-ring (bicyclic) bond motifs is 3. The van der Waals surface area contributed by atoms with Crippen LogP contribution in [0, 0.1) is 0 Å². The minimum absolute atomic E-state index is 0.742. The standard InChI is InChI=1S/C24H20N4O2/c1-29-18-9-5-7-16(13-18)15-25-23-22(17-8-6-10-19(14-17)30-2)27-24-26-20-11-3-4-12-21(20)28(23)24/h3-15H,1-2H3,(H,26,27)/b25-15+. The molecule has 0 aliphatic heterocycles. The maximum atomic E-state index is 5.40. The van der Waals surface area contributed by atoms with Crippen LogP contribution < -0.4 is 9.47 Å². The largest absolute Gasteiger partial charge is 0.497 e. The fraction of sp³-hybridized carbons (Fsp3) is 0.0833. The van der Waals surface area contributed by atoms with Gasteiger partial charge in [0, 0.05) is 11.8 Å². The van der Waals surface area contributed by atoms with Crippen molar-refractivity contribution in [2.24, 2.45) is 4.99 Å². The monoisotopic (exact) mass is 396 g/mol. The first-order chi connectivity index (χ1) is 14.8. The van der Waals surface area contributed by atoms with E-state index in [1.54, 1.807) is 14.2 Å². The molecular weight excluding hydrogens is 376 g/mol. The van der Waals surface area contributed by atoms with Gasteiger partial charge in [0.05, 0.1) is 25.3 Å². The summed E-state index contributed by atoms with van der Waals surface area (Å²) in [6, 6.07) is 23.7. The zero-order chi connectivity index (χ0) is 20.5. The van der Waals surface area contributed by atoms with Crippen LogP contribution in [0.3, 0.4) is 0 Å². The van der Waals surface area contributed by atoms with E-state index >= 15 is 0 Å². The van der Waals surface area contributed by atoms with Crippen molar-refractivity contribution >= 4 is 28.8 Å². The van der Waals surface area contributed by atoms with Crippen molar-refractivity contribution in [2.45, 2.75) is 0 Å². The summed E-state index contributed by atoms with van der Waals surface area (Å²) >= 11 is 0. The van der Waals surface area contributed by atoms with Gasteiger partial charge in [0.25, 0.3) is 0 Å². The maximum absolute atomic E-state index is 5.40. The number of imidazole rings is 2. The zero-order valence-corrected chi connectivity index (χ0v) is 16.7. The minimum Gasteiger partial charge on any atom is -0.497 e. The Morgan fingerprint density at radius 2 is 1.67 bits per heavy atom. The third-order valence-electron chi connectivity index (χ3n) is 5.02. The molecule has 148 valence electrons. The van der Waals surface area contributed by atoms with Crippen molar-refractivity contribution in [3.63, 3.8) is 0 Å². The number of aromatic amines is 1. The van der Waals surface area contributed by atoms with Gasteiger partial charge in [-0.3, -0.25) is 4.40 Å². The van der Waals surface area contributed by atoms with Crippen molar-refractivity contribution in [3.8, 4) is 22.8 Å². The van der Waals surface area contributed by atoms with E-state index in [1.807, 2.05) is 77.3 Å². The number of hydrogen-bond donors (Lipinski definition) is 1. The lowest BCUT2D eigenvalue weighted by atomic mass is 10.1. The van der Waals surface area contributed by atoms with Gasteiger partial charge in [0.2, 0.25) is 5.78 Å². The highest BCUT2D eigenvalue weighted by Crippen LogP contribution is 2.35. The summed E-state index contributed by atoms with van der Waals surface area (Å²) in [6.45, 7) is 0. The fourth-order valence-corrected chi connectivity index (χ4v) is 3.56. The molecule has 0 saturated heterocycles. The third kappa shape index (κ3) is 3.08. The summed E-state index contributed by atoms with van der Waals surface area (Å²) in [6.07, 6.45) is 1.83. The Kier molecular flexibility index (Phi) is 4.44. The van der Waals surface area contributed by atoms with Gasteiger partial charge >= 0.3 is 0 Å². The van der Waals surface area contributed by atoms with Crippen LogP contribution >= 0.6 is 0 Å². The summed E-state index contributed by atoms with van der Waals surface area (Å²) in [5, 5.41) is 0. The van der Waals surface area contributed by atoms with Gasteiger partial charge in [-0.2, -0.15) is 0 Å². The first-order valence-corrected chi connectivity index (χ1v) is 9.58. The van der Waals surface area contributed by atoms with Gasteiger partial charge in [0.1, 0.15) is 17.2 Å². The predicted molar refractivity (Wildman–Crippen MR) is 119 cm³/mol. The summed E-state index contributed by atoms with van der Waals surface area (Å²) in [4.78, 5) is 13.1. The molecule has 0 atom stereocenters. The first kappa shape index (κ1) is 18.0. The number of aromatic nitrogens is 3. The van der Waals surface area contributed by atoms with Gasteiger partial charge in [-0.15, -0.1) is 0 Å². The second kappa shape index (κ2) is 7.40. The Hall–Kier alpha value is -4.06. The number of benzene rings is 3. The van der Waals surface area contributed by atoms with Crippen LogP contribution in [0.25, 0.3) is 28.1 Å². The number of hydrogen-bond acceptors (Lipinski definition) is 4. The number of rotatable bonds is 5. The van der Waals surface area contributed by atoms with E-state index in [9.17, 15) is 0 Å². The van der Waals surface area contributed by atoms with Crippen molar-refractivity contribution in [3.05, 3.63) is 78.4 Å². The molecule has 5 aromatic rings. The molecule has 1 N–H and O–H groups in total. The van der Waals surface area contributed by atoms with Gasteiger partial charge < -0.3 is 14.5 Å². The van der Waals surface area contributed by atoms with Crippen molar-refractivity contribution in [1.82, 2.24) is 14.4 Å². The highest BCUT2D eigenvalue weighted by Gasteiger charge is 2.17. The minimum atomic E-state index is 0.742. The molecule has 0 amide bonds. The summed E-state index contributed by atoms with van der Waals surface area (Å²) in [7, 11) is 3.32. The van der Waals surface area contributed by atoms with E-state index in [1.165, 1.54) is 0 Å². The third-order valence-corrected chi connectivity index (χ3v) is 5.02. The van der Waals surface area contributed by atoms with Crippen molar-refractivity contribution in [1.29, 1.82) is 0 Å². The molecule has 0 aliphatic rings. The Labute approximate surface area is 173 Å². The highest BCUT2D eigenvalue weighted by atomic mass is 16.5. The number of aliphatic imine (C=N–C) groups is 1. The first-order valence-electron chi connectivity index (χ1n) is 9.58. The van der Waals surface area contributed by atoms with Crippen LogP contribution in [0.5, 0.6) is 11.5 Å². The van der Waals surface area contributed by atoms with Crippen molar-refractivity contribution in [2.75, 3.05) is 14.2 Å². The molecule has 0 radical (unpaired) electrons. The Morgan fingerprint density at radius 1 is 0.900 bits per heavy atom. The van der Waals surface area contributed by atoms with Gasteiger partial charge in [-0.25, -0.2) is 9.98 Å². The second-order valence-electron chi connectivity index (χ2n) is 6.85. The molecule has 6 heteroatoms. The Balaban J connectivity index is 1.72. The predicted octanol–water partition coefficient (Wildman–Crippen LogP) is 5.25. The molecular formula is C24H20N4O2. The molecule has 0 fully saturated rings. The van der Waals surface area contributed by atoms with Crippen LogP contribution in [0.2, 0.25) is 0 Å². The molecule has 0 aliphatic carbocycles. The number of ether oxygens (including phenoxy) is 2. The highest BCUT2D eigenvalue weighted by molar-refractivity contribution is 5.89. The van der Waals surface area contributed by atoms with Crippen LogP contribution in [0.1, 0.15) is 5.56 Å². The molecule has 0 unspecified atom stereocenters. The lowest BCUT2D eigenvalue weighted by Crippen LogP contribution is -1.88. The molecule has 0 saturated carbocycles. The second-order valence-corrected chi connectivity index (χ2v) is 6.85. The quantitative estimate of drug-likeness (QED) is 0.413. The van der Waals surface area contributed by atoms with Gasteiger partial charge in [0.15, 0.2) is 5.82 Å². The molecule has 2 heterocycles. The van der Waals surface area contributed by atoms with Crippen LogP contribution in [0.15, 0.2) is 77.8 Å². The maximum Gasteiger partial charge on any atom is 0.214 e. The van der Waals surface area contributed by atoms with E-state index in [2.05, 4.69) is 11.1 Å². The molecule has 6 nitrogen and oxygen atoms in total. The SMILES string of the molecule is COc1cccc(/C=N/c2c(-c3cccc(OC)c3)nc3[nH]c4ccccc4n23)c1. The lowest BCUT2D eigenvalue weighted by Gasteiger charge is -2.04. The summed E-state index contributed by atoms with van der Waals surface area (Å²) in [5.74, 6) is 3.06. The molecule has 0 bridgehead atoms. The van der Waals surface area contributed by atoms with Crippen LogP contribution in [-0.4, -0.2) is 34.8 Å². The van der Waals surface area contributed by atoms with E-state index in [0.29, 0.717) is 0 Å². The van der Waals surface area contributed by atoms with E-state index < -0.39 is 0 Å². The zero-order valence-electron chi connectivity index (χ0n) is 16.7. The van der Waals surface area contributed by atoms with E-state index in [-0.39, 0.29) is 0 Å². The fourth-order valence-electron chi connectivity index (χ4n) is 3.56. The smallest absolute Gasteiger partial charge is 0.214 e. The molecule has 2 aromatic heterocycles. The van der Waals surface area contributed by atoms with Gasteiger partial charge in [-0.1, -0.05) is 36.4 Å². The molecule has 0 spiro atoms.